The van der Waals surface area contributed by atoms with Gasteiger partial charge in [-0.05, 0) is 49.8 Å². The first-order chi connectivity index (χ1) is 17.5. The number of carbonyl (C=O) groups excluding carboxylic acids is 2. The zero-order chi connectivity index (χ0) is 25.2. The van der Waals surface area contributed by atoms with Crippen LogP contribution >= 0.6 is 0 Å². The number of likely N-dealkylation sites (tertiary alicyclic amines) is 1. The Morgan fingerprint density at radius 2 is 1.83 bits per heavy atom. The van der Waals surface area contributed by atoms with E-state index in [1.54, 1.807) is 9.80 Å². The summed E-state index contributed by atoms with van der Waals surface area (Å²) < 4.78 is 7.38. The fourth-order valence-electron chi connectivity index (χ4n) is 5.78. The minimum Gasteiger partial charge on any atom is -0.453 e. The summed E-state index contributed by atoms with van der Waals surface area (Å²) in [7, 11) is 1.42. The summed E-state index contributed by atoms with van der Waals surface area (Å²) in [6, 6.07) is 15.0. The smallest absolute Gasteiger partial charge is 0.409 e. The molecule has 0 bridgehead atoms. The standard InChI is InChI=1S/C28H34N4O4/c1-19(16-20-6-4-3-5-7-20)32-24-9-8-21-10-15-31(28(35)36-2)17-23(21)26(24)29-27(32)22-11-13-30(14-12-22)25(34)18-33/h3-9,19,22,33H,10-18H2,1-2H3/t19-/m0/s1. The highest BCUT2D eigenvalue weighted by Gasteiger charge is 2.31. The van der Waals surface area contributed by atoms with E-state index >= 15 is 0 Å². The zero-order valence-electron chi connectivity index (χ0n) is 21.0. The summed E-state index contributed by atoms with van der Waals surface area (Å²) in [6.45, 7) is 4.16. The molecule has 1 saturated heterocycles. The number of benzene rings is 2. The molecule has 0 spiro atoms. The third-order valence-electron chi connectivity index (χ3n) is 7.69. The van der Waals surface area contributed by atoms with E-state index in [4.69, 9.17) is 9.72 Å². The van der Waals surface area contributed by atoms with Crippen LogP contribution in [0.3, 0.4) is 0 Å². The molecule has 2 aromatic carbocycles. The molecule has 0 unspecified atom stereocenters. The number of aromatic nitrogens is 2. The molecule has 1 fully saturated rings. The molecule has 0 aliphatic carbocycles. The number of nitrogens with zero attached hydrogens (tertiary/aromatic N) is 4. The van der Waals surface area contributed by atoms with Crippen LogP contribution in [0.2, 0.25) is 0 Å². The van der Waals surface area contributed by atoms with Gasteiger partial charge in [-0.15, -0.1) is 0 Å². The number of hydrogen-bond acceptors (Lipinski definition) is 5. The summed E-state index contributed by atoms with van der Waals surface area (Å²) in [4.78, 5) is 33.0. The van der Waals surface area contributed by atoms with Gasteiger partial charge in [-0.2, -0.15) is 0 Å². The van der Waals surface area contributed by atoms with Crippen LogP contribution in [0.4, 0.5) is 4.79 Å². The van der Waals surface area contributed by atoms with Crippen molar-refractivity contribution in [1.82, 2.24) is 19.4 Å². The number of hydrogen-bond donors (Lipinski definition) is 1. The van der Waals surface area contributed by atoms with Crippen LogP contribution in [0.15, 0.2) is 42.5 Å². The fraction of sp³-hybridized carbons (Fsp3) is 0.464. The summed E-state index contributed by atoms with van der Waals surface area (Å²) >= 11 is 0. The second-order valence-electron chi connectivity index (χ2n) is 9.90. The predicted molar refractivity (Wildman–Crippen MR) is 137 cm³/mol. The number of piperidine rings is 1. The monoisotopic (exact) mass is 490 g/mol. The summed E-state index contributed by atoms with van der Waals surface area (Å²) in [5.41, 5.74) is 5.66. The molecule has 1 N–H and O–H groups in total. The number of ether oxygens (including phenoxy) is 1. The summed E-state index contributed by atoms with van der Waals surface area (Å²) in [5.74, 6) is 1.05. The Morgan fingerprint density at radius 1 is 1.08 bits per heavy atom. The lowest BCUT2D eigenvalue weighted by Crippen LogP contribution is -2.39. The number of carbonyl (C=O) groups is 2. The molecule has 3 heterocycles. The molecule has 5 rings (SSSR count). The van der Waals surface area contributed by atoms with Gasteiger partial charge in [-0.25, -0.2) is 9.78 Å². The number of imidazole rings is 1. The molecule has 3 aromatic rings. The first kappa shape index (κ1) is 24.3. The third-order valence-corrected chi connectivity index (χ3v) is 7.69. The first-order valence-corrected chi connectivity index (χ1v) is 12.8. The Bertz CT molecular complexity index is 1250. The second kappa shape index (κ2) is 10.3. The van der Waals surface area contributed by atoms with E-state index in [0.29, 0.717) is 26.2 Å². The Morgan fingerprint density at radius 3 is 2.53 bits per heavy atom. The van der Waals surface area contributed by atoms with E-state index in [-0.39, 0.29) is 24.0 Å². The van der Waals surface area contributed by atoms with Gasteiger partial charge in [0.1, 0.15) is 12.4 Å². The lowest BCUT2D eigenvalue weighted by atomic mass is 9.95. The van der Waals surface area contributed by atoms with Gasteiger partial charge in [0.2, 0.25) is 5.91 Å². The van der Waals surface area contributed by atoms with Crippen LogP contribution in [-0.4, -0.2) is 69.8 Å². The predicted octanol–water partition coefficient (Wildman–Crippen LogP) is 3.66. The van der Waals surface area contributed by atoms with Crippen molar-refractivity contribution in [2.24, 2.45) is 0 Å². The van der Waals surface area contributed by atoms with E-state index in [1.165, 1.54) is 18.2 Å². The molecule has 0 radical (unpaired) electrons. The number of methoxy groups -OCH3 is 1. The quantitative estimate of drug-likeness (QED) is 0.590. The minimum atomic E-state index is -0.444. The Hall–Kier alpha value is -3.39. The largest absolute Gasteiger partial charge is 0.453 e. The zero-order valence-corrected chi connectivity index (χ0v) is 21.0. The third kappa shape index (κ3) is 4.57. The molecular formula is C28H34N4O4. The van der Waals surface area contributed by atoms with Crippen molar-refractivity contribution >= 4 is 23.0 Å². The van der Waals surface area contributed by atoms with Crippen LogP contribution in [-0.2, 0) is 28.9 Å². The van der Waals surface area contributed by atoms with E-state index in [9.17, 15) is 14.7 Å². The molecule has 1 atom stereocenters. The van der Waals surface area contributed by atoms with Crippen molar-refractivity contribution in [2.75, 3.05) is 33.4 Å². The second-order valence-corrected chi connectivity index (χ2v) is 9.90. The van der Waals surface area contributed by atoms with Crippen molar-refractivity contribution in [3.05, 3.63) is 65.0 Å². The van der Waals surface area contributed by atoms with E-state index in [2.05, 4.69) is 47.9 Å². The van der Waals surface area contributed by atoms with Gasteiger partial charge >= 0.3 is 6.09 Å². The molecule has 190 valence electrons. The lowest BCUT2D eigenvalue weighted by Gasteiger charge is -2.32. The number of amides is 2. The van der Waals surface area contributed by atoms with Crippen LogP contribution in [0, 0.1) is 0 Å². The van der Waals surface area contributed by atoms with Crippen LogP contribution < -0.4 is 0 Å². The molecule has 1 aromatic heterocycles. The van der Waals surface area contributed by atoms with Gasteiger partial charge in [-0.1, -0.05) is 36.4 Å². The van der Waals surface area contributed by atoms with Gasteiger partial charge in [-0.3, -0.25) is 4.79 Å². The van der Waals surface area contributed by atoms with Crippen LogP contribution in [0.1, 0.15) is 54.2 Å². The topological polar surface area (TPSA) is 87.9 Å². The summed E-state index contributed by atoms with van der Waals surface area (Å²) in [5, 5.41) is 9.27. The molecule has 8 heteroatoms. The van der Waals surface area contributed by atoms with E-state index in [0.717, 1.165) is 48.1 Å². The Balaban J connectivity index is 1.55. The fourth-order valence-corrected chi connectivity index (χ4v) is 5.78. The normalized spacial score (nSPS) is 17.2. The van der Waals surface area contributed by atoms with Gasteiger partial charge in [0.15, 0.2) is 0 Å². The van der Waals surface area contributed by atoms with Crippen molar-refractivity contribution in [3.63, 3.8) is 0 Å². The number of aliphatic hydroxyl groups excluding tert-OH is 1. The maximum atomic E-state index is 12.3. The van der Waals surface area contributed by atoms with Gasteiger partial charge in [0.25, 0.3) is 0 Å². The minimum absolute atomic E-state index is 0.183. The van der Waals surface area contributed by atoms with Gasteiger partial charge in [0.05, 0.1) is 24.7 Å². The lowest BCUT2D eigenvalue weighted by molar-refractivity contribution is -0.135. The van der Waals surface area contributed by atoms with Gasteiger partial charge in [0, 0.05) is 37.2 Å². The summed E-state index contributed by atoms with van der Waals surface area (Å²) in [6.07, 6.45) is 2.97. The van der Waals surface area contributed by atoms with Crippen molar-refractivity contribution < 1.29 is 19.4 Å². The number of fused-ring (bicyclic) bond motifs is 3. The first-order valence-electron chi connectivity index (χ1n) is 12.8. The molecule has 2 amide bonds. The molecule has 8 nitrogen and oxygen atoms in total. The maximum absolute atomic E-state index is 12.3. The molecule has 2 aliphatic rings. The highest BCUT2D eigenvalue weighted by atomic mass is 16.5. The average molecular weight is 491 g/mol. The molecule has 0 saturated carbocycles. The van der Waals surface area contributed by atoms with Crippen molar-refractivity contribution in [1.29, 1.82) is 0 Å². The molecule has 36 heavy (non-hydrogen) atoms. The Labute approximate surface area is 211 Å². The molecule has 2 aliphatic heterocycles. The average Bonchev–Trinajstić information content (AvgIpc) is 3.33. The van der Waals surface area contributed by atoms with Crippen LogP contribution in [0.5, 0.6) is 0 Å². The Kier molecular flexibility index (Phi) is 6.96. The van der Waals surface area contributed by atoms with Crippen molar-refractivity contribution in [3.8, 4) is 0 Å². The number of aliphatic hydroxyl groups is 1. The van der Waals surface area contributed by atoms with E-state index < -0.39 is 6.61 Å². The highest BCUT2D eigenvalue weighted by molar-refractivity contribution is 5.83. The SMILES string of the molecule is COC(=O)N1CCc2ccc3c(nc(C4CCN(C(=O)CO)CC4)n3[C@@H](C)Cc3ccccc3)c2C1. The maximum Gasteiger partial charge on any atom is 0.409 e. The number of rotatable bonds is 5. The van der Waals surface area contributed by atoms with Gasteiger partial charge < -0.3 is 24.2 Å². The van der Waals surface area contributed by atoms with Crippen LogP contribution in [0.25, 0.3) is 11.0 Å². The molecular weight excluding hydrogens is 456 g/mol. The van der Waals surface area contributed by atoms with E-state index in [1.807, 2.05) is 6.07 Å². The van der Waals surface area contributed by atoms with Crippen molar-refractivity contribution in [2.45, 2.75) is 51.1 Å². The highest BCUT2D eigenvalue weighted by Crippen LogP contribution is 2.36.